The van der Waals surface area contributed by atoms with Crippen LogP contribution in [0.5, 0.6) is 0 Å². The molecular weight excluding hydrogens is 528 g/mol. The van der Waals surface area contributed by atoms with Crippen LogP contribution in [0.4, 0.5) is 0 Å². The van der Waals surface area contributed by atoms with Gasteiger partial charge in [-0.25, -0.2) is 0 Å². The van der Waals surface area contributed by atoms with Crippen molar-refractivity contribution < 1.29 is 0 Å². The van der Waals surface area contributed by atoms with Gasteiger partial charge in [0.25, 0.3) is 0 Å². The molecule has 0 heterocycles. The smallest absolute Gasteiger partial charge is 0.433 e. The summed E-state index contributed by atoms with van der Waals surface area (Å²) < 4.78 is 1.17. The van der Waals surface area contributed by atoms with E-state index in [4.69, 9.17) is 0 Å². The van der Waals surface area contributed by atoms with Crippen LogP contribution in [0.2, 0.25) is 0 Å². The summed E-state index contributed by atoms with van der Waals surface area (Å²) in [6, 6.07) is 25.0. The third kappa shape index (κ3) is 45.0. The second-order valence-electron chi connectivity index (χ2n) is 3.14. The molecule has 0 atom stereocenters. The Morgan fingerprint density at radius 1 is 0.667 bits per heavy atom. The van der Waals surface area contributed by atoms with E-state index in [-0.39, 0.29) is 27.3 Å². The second-order valence-corrected chi connectivity index (χ2v) is 6.10. The fourth-order valence-electron chi connectivity index (χ4n) is 0.684. The Balaban J connectivity index is -0.000000208. The Morgan fingerprint density at radius 2 is 0.857 bits per heavy atom. The minimum absolute atomic E-state index is 0. The number of hydrogen-bond donors (Lipinski definition) is 0. The van der Waals surface area contributed by atoms with E-state index in [9.17, 15) is 0 Å². The van der Waals surface area contributed by atoms with Crippen molar-refractivity contribution in [2.24, 2.45) is 0 Å². The Morgan fingerprint density at radius 3 is 0.905 bits per heavy atom. The first-order chi connectivity index (χ1) is 9.46. The van der Waals surface area contributed by atoms with Gasteiger partial charge in [0.15, 0.2) is 0 Å². The molecule has 21 heavy (non-hydrogen) atoms. The van der Waals surface area contributed by atoms with Crippen LogP contribution in [0.25, 0.3) is 0 Å². The molecule has 0 aromatic heterocycles. The standard InChI is InChI=1S/2C6H5.2C2H4S2.Pb/c2*1-2-4-6-5-3-1;2*1-2(3)4;/h2*1-5H;2*1H3,(H,3,4);/q;;;;+2/p-2. The number of thiocarbonyl (C=S) groups is 2. The predicted octanol–water partition coefficient (Wildman–Crippen LogP) is 4.35. The Hall–Kier alpha value is -0.0179. The monoisotopic (exact) mass is 544 g/mol. The van der Waals surface area contributed by atoms with Crippen LogP contribution < -0.4 is 0 Å². The van der Waals surface area contributed by atoms with E-state index in [1.165, 1.54) is 0 Å². The normalized spacial score (nSPS) is 6.95. The van der Waals surface area contributed by atoms with Crippen LogP contribution in [0.1, 0.15) is 13.8 Å². The summed E-state index contributed by atoms with van der Waals surface area (Å²) in [6.45, 7) is 3.43. The van der Waals surface area contributed by atoms with Crippen molar-refractivity contribution in [3.8, 4) is 0 Å². The molecule has 0 bridgehead atoms. The molecule has 0 aliphatic rings. The molecule has 0 N–H and O–H groups in total. The molecule has 108 valence electrons. The van der Waals surface area contributed by atoms with Crippen molar-refractivity contribution in [3.05, 3.63) is 72.8 Å². The predicted molar refractivity (Wildman–Crippen MR) is 108 cm³/mol. The van der Waals surface area contributed by atoms with Gasteiger partial charge in [-0.3, -0.25) is 0 Å². The molecule has 0 spiro atoms. The molecule has 4 radical (unpaired) electrons. The minimum Gasteiger partial charge on any atom is -0.433 e. The summed E-state index contributed by atoms with van der Waals surface area (Å²) in [5.41, 5.74) is 0. The van der Waals surface area contributed by atoms with Crippen LogP contribution in [-0.2, 0) is 25.3 Å². The molecule has 0 saturated carbocycles. The van der Waals surface area contributed by atoms with E-state index in [0.717, 1.165) is 0 Å². The number of hydrogen-bond acceptors (Lipinski definition) is 4. The maximum atomic E-state index is 4.35. The first kappa shape index (κ1) is 25.9. The largest absolute Gasteiger partial charge is 2.00 e. The van der Waals surface area contributed by atoms with Gasteiger partial charge in [0.2, 0.25) is 0 Å². The first-order valence-electron chi connectivity index (χ1n) is 5.64. The van der Waals surface area contributed by atoms with E-state index >= 15 is 0 Å². The molecule has 0 amide bonds. The quantitative estimate of drug-likeness (QED) is 0.275. The van der Waals surface area contributed by atoms with Crippen LogP contribution >= 0.6 is 24.4 Å². The molecule has 0 nitrogen and oxygen atoms in total. The first-order valence-corrected chi connectivity index (χ1v) is 7.27. The maximum Gasteiger partial charge on any atom is 2.00 e. The molecule has 5 heteroatoms. The van der Waals surface area contributed by atoms with Crippen molar-refractivity contribution >= 4 is 85.4 Å². The second kappa shape index (κ2) is 22.3. The number of benzene rings is 2. The average molecular weight is 544 g/mol. The van der Waals surface area contributed by atoms with Gasteiger partial charge < -0.3 is 49.7 Å². The summed E-state index contributed by atoms with van der Waals surface area (Å²) >= 11 is 17.4. The zero-order valence-electron chi connectivity index (χ0n) is 11.9. The van der Waals surface area contributed by atoms with Crippen molar-refractivity contribution in [2.45, 2.75) is 13.8 Å². The maximum absolute atomic E-state index is 4.35. The van der Waals surface area contributed by atoms with E-state index in [2.05, 4.69) is 61.8 Å². The molecular formula is C16H16PbS4. The molecule has 2 aromatic rings. The van der Waals surface area contributed by atoms with E-state index in [0.29, 0.717) is 8.39 Å². The number of rotatable bonds is 0. The van der Waals surface area contributed by atoms with Gasteiger partial charge >= 0.3 is 27.3 Å². The summed E-state index contributed by atoms with van der Waals surface area (Å²) in [6.07, 6.45) is 0. The average Bonchev–Trinajstić information content (AvgIpc) is 2.42. The zero-order chi connectivity index (χ0) is 15.6. The van der Waals surface area contributed by atoms with Crippen LogP contribution in [-0.4, -0.2) is 35.7 Å². The molecule has 0 aliphatic heterocycles. The summed E-state index contributed by atoms with van der Waals surface area (Å²) in [7, 11) is 0. The molecule has 0 aliphatic carbocycles. The van der Waals surface area contributed by atoms with Crippen molar-refractivity contribution in [3.63, 3.8) is 0 Å². The molecule has 0 unspecified atom stereocenters. The molecule has 2 rings (SSSR count). The summed E-state index contributed by atoms with van der Waals surface area (Å²) in [4.78, 5) is 0. The van der Waals surface area contributed by atoms with Gasteiger partial charge in [0.1, 0.15) is 0 Å². The Labute approximate surface area is 170 Å². The zero-order valence-corrected chi connectivity index (χ0v) is 19.1. The topological polar surface area (TPSA) is 0 Å². The van der Waals surface area contributed by atoms with Crippen LogP contribution in [0, 0.1) is 12.1 Å². The van der Waals surface area contributed by atoms with E-state index < -0.39 is 0 Å². The third-order valence-corrected chi connectivity index (χ3v) is 1.21. The Kier molecular flexibility index (Phi) is 27.5. The molecule has 0 fully saturated rings. The van der Waals surface area contributed by atoms with Crippen molar-refractivity contribution in [1.82, 2.24) is 0 Å². The van der Waals surface area contributed by atoms with Crippen LogP contribution in [0.3, 0.4) is 0 Å². The summed E-state index contributed by atoms with van der Waals surface area (Å²) in [5.74, 6) is 0. The van der Waals surface area contributed by atoms with Crippen LogP contribution in [0.15, 0.2) is 60.7 Å². The summed E-state index contributed by atoms with van der Waals surface area (Å²) in [5, 5.41) is 0. The third-order valence-electron chi connectivity index (χ3n) is 1.21. The fourth-order valence-corrected chi connectivity index (χ4v) is 0.684. The Bertz CT molecular complexity index is 328. The van der Waals surface area contributed by atoms with Gasteiger partial charge in [-0.2, -0.15) is 8.39 Å². The van der Waals surface area contributed by atoms with Gasteiger partial charge in [0, 0.05) is 0 Å². The van der Waals surface area contributed by atoms with Gasteiger partial charge in [-0.15, -0.1) is 0 Å². The van der Waals surface area contributed by atoms with Crippen molar-refractivity contribution in [2.75, 3.05) is 0 Å². The fraction of sp³-hybridized carbons (Fsp3) is 0.125. The van der Waals surface area contributed by atoms with Gasteiger partial charge in [-0.05, 0) is 12.1 Å². The molecule has 2 aromatic carbocycles. The van der Waals surface area contributed by atoms with Gasteiger partial charge in [-0.1, -0.05) is 74.5 Å². The van der Waals surface area contributed by atoms with Crippen molar-refractivity contribution in [1.29, 1.82) is 0 Å². The van der Waals surface area contributed by atoms with E-state index in [1.807, 2.05) is 60.7 Å². The minimum atomic E-state index is 0. The van der Waals surface area contributed by atoms with E-state index in [1.54, 1.807) is 13.8 Å². The SMILES string of the molecule is CC(=S)[S-].CC(=S)[S-].[Pb+2].[c]1ccccc1.[c]1ccccc1. The molecule has 0 saturated heterocycles. The van der Waals surface area contributed by atoms with Gasteiger partial charge in [0.05, 0.1) is 0 Å².